The molecule has 106 valence electrons. The Balaban J connectivity index is 1.71. The van der Waals surface area contributed by atoms with Gasteiger partial charge in [0.15, 0.2) is 0 Å². The van der Waals surface area contributed by atoms with Gasteiger partial charge in [0, 0.05) is 62.8 Å². The largest absolute Gasteiger partial charge is 0.337 e. The highest BCUT2D eigenvalue weighted by Gasteiger charge is 2.19. The van der Waals surface area contributed by atoms with Crippen molar-refractivity contribution in [2.24, 2.45) is 7.05 Å². The number of imidazole rings is 1. The van der Waals surface area contributed by atoms with Gasteiger partial charge in [0.05, 0.1) is 6.54 Å². The van der Waals surface area contributed by atoms with Gasteiger partial charge < -0.3 is 4.57 Å². The minimum atomic E-state index is 0.889. The fourth-order valence-electron chi connectivity index (χ4n) is 2.64. The molecule has 0 saturated carbocycles. The van der Waals surface area contributed by atoms with Gasteiger partial charge in [-0.1, -0.05) is 6.92 Å². The molecule has 3 rings (SSSR count). The first kappa shape index (κ1) is 13.2. The molecule has 1 aliphatic heterocycles. The molecule has 0 aliphatic carbocycles. The van der Waals surface area contributed by atoms with E-state index in [1.54, 1.807) is 0 Å². The quantitative estimate of drug-likeness (QED) is 0.849. The summed E-state index contributed by atoms with van der Waals surface area (Å²) < 4.78 is 2.08. The maximum atomic E-state index is 4.69. The summed E-state index contributed by atoms with van der Waals surface area (Å²) in [6.45, 7) is 5.02. The van der Waals surface area contributed by atoms with Crippen molar-refractivity contribution in [3.05, 3.63) is 41.5 Å². The van der Waals surface area contributed by atoms with Gasteiger partial charge in [0.2, 0.25) is 0 Å². The molecular formula is C15H21N5. The molecule has 2 aromatic rings. The zero-order chi connectivity index (χ0) is 13.9. The summed E-state index contributed by atoms with van der Waals surface area (Å²) >= 11 is 0. The lowest BCUT2D eigenvalue weighted by Crippen LogP contribution is -2.32. The molecule has 0 radical (unpaired) electrons. The van der Waals surface area contributed by atoms with Gasteiger partial charge in [0.25, 0.3) is 0 Å². The normalized spacial score (nSPS) is 15.3. The molecule has 0 amide bonds. The summed E-state index contributed by atoms with van der Waals surface area (Å²) in [6.07, 6.45) is 8.95. The van der Waals surface area contributed by atoms with Gasteiger partial charge in [-0.05, 0) is 6.42 Å². The molecule has 0 bridgehead atoms. The highest BCUT2D eigenvalue weighted by Crippen LogP contribution is 2.18. The Morgan fingerprint density at radius 2 is 2.20 bits per heavy atom. The van der Waals surface area contributed by atoms with E-state index in [1.807, 2.05) is 25.6 Å². The van der Waals surface area contributed by atoms with Crippen LogP contribution in [-0.4, -0.2) is 31.0 Å². The first-order valence-corrected chi connectivity index (χ1v) is 7.28. The Morgan fingerprint density at radius 3 is 2.95 bits per heavy atom. The van der Waals surface area contributed by atoms with E-state index in [-0.39, 0.29) is 0 Å². The predicted molar refractivity (Wildman–Crippen MR) is 77.1 cm³/mol. The number of aryl methyl sites for hydroxylation is 2. The van der Waals surface area contributed by atoms with Gasteiger partial charge in [-0.2, -0.15) is 0 Å². The van der Waals surface area contributed by atoms with Crippen LogP contribution in [0, 0.1) is 0 Å². The van der Waals surface area contributed by atoms with Crippen LogP contribution in [0.4, 0.5) is 0 Å². The molecular weight excluding hydrogens is 250 g/mol. The van der Waals surface area contributed by atoms with E-state index in [9.17, 15) is 0 Å². The van der Waals surface area contributed by atoms with Crippen molar-refractivity contribution in [2.75, 3.05) is 6.54 Å². The molecule has 0 spiro atoms. The minimum Gasteiger partial charge on any atom is -0.337 e. The molecule has 0 unspecified atom stereocenters. The van der Waals surface area contributed by atoms with Crippen LogP contribution in [0.1, 0.15) is 36.3 Å². The first-order chi connectivity index (χ1) is 9.76. The zero-order valence-corrected chi connectivity index (χ0v) is 12.2. The lowest BCUT2D eigenvalue weighted by molar-refractivity contribution is 0.234. The summed E-state index contributed by atoms with van der Waals surface area (Å²) in [5, 5.41) is 0. The average Bonchev–Trinajstić information content (AvgIpc) is 2.85. The van der Waals surface area contributed by atoms with Gasteiger partial charge in [-0.3, -0.25) is 4.90 Å². The molecule has 0 N–H and O–H groups in total. The van der Waals surface area contributed by atoms with Crippen molar-refractivity contribution in [3.8, 4) is 0 Å². The summed E-state index contributed by atoms with van der Waals surface area (Å²) in [4.78, 5) is 16.0. The van der Waals surface area contributed by atoms with Crippen LogP contribution in [0.2, 0.25) is 0 Å². The molecule has 1 aliphatic rings. The minimum absolute atomic E-state index is 0.889. The standard InChI is InChI=1S/C15H21N5/c1-3-4-14-17-9-12-10-20(7-5-13(12)18-14)11-15-16-6-8-19(15)2/h6,8-9H,3-5,7,10-11H2,1-2H3. The highest BCUT2D eigenvalue weighted by atomic mass is 15.2. The number of aromatic nitrogens is 4. The monoisotopic (exact) mass is 271 g/mol. The number of fused-ring (bicyclic) bond motifs is 1. The Morgan fingerprint density at radius 1 is 1.30 bits per heavy atom. The van der Waals surface area contributed by atoms with E-state index in [1.165, 1.54) is 11.3 Å². The third-order valence-electron chi connectivity index (χ3n) is 3.82. The molecule has 5 nitrogen and oxygen atoms in total. The summed E-state index contributed by atoms with van der Waals surface area (Å²) in [5.41, 5.74) is 2.50. The molecule has 3 heterocycles. The Labute approximate surface area is 119 Å². The van der Waals surface area contributed by atoms with E-state index in [0.717, 1.165) is 50.5 Å². The van der Waals surface area contributed by atoms with E-state index < -0.39 is 0 Å². The van der Waals surface area contributed by atoms with Crippen LogP contribution in [0.3, 0.4) is 0 Å². The molecule has 0 saturated heterocycles. The third-order valence-corrected chi connectivity index (χ3v) is 3.82. The van der Waals surface area contributed by atoms with Crippen molar-refractivity contribution in [1.29, 1.82) is 0 Å². The van der Waals surface area contributed by atoms with E-state index in [4.69, 9.17) is 4.98 Å². The smallest absolute Gasteiger partial charge is 0.128 e. The van der Waals surface area contributed by atoms with Gasteiger partial charge in [-0.15, -0.1) is 0 Å². The molecule has 0 atom stereocenters. The second kappa shape index (κ2) is 5.71. The maximum absolute atomic E-state index is 4.69. The number of nitrogens with zero attached hydrogens (tertiary/aromatic N) is 5. The number of hydrogen-bond donors (Lipinski definition) is 0. The zero-order valence-electron chi connectivity index (χ0n) is 12.2. The second-order valence-electron chi connectivity index (χ2n) is 5.42. The third kappa shape index (κ3) is 2.72. The molecule has 0 fully saturated rings. The topological polar surface area (TPSA) is 46.8 Å². The van der Waals surface area contributed by atoms with Crippen molar-refractivity contribution in [2.45, 2.75) is 39.3 Å². The maximum Gasteiger partial charge on any atom is 0.128 e. The second-order valence-corrected chi connectivity index (χ2v) is 5.42. The van der Waals surface area contributed by atoms with Crippen molar-refractivity contribution < 1.29 is 0 Å². The first-order valence-electron chi connectivity index (χ1n) is 7.28. The molecule has 2 aromatic heterocycles. The summed E-state index contributed by atoms with van der Waals surface area (Å²) in [7, 11) is 2.04. The lowest BCUT2D eigenvalue weighted by atomic mass is 10.1. The van der Waals surface area contributed by atoms with Crippen molar-refractivity contribution in [1.82, 2.24) is 24.4 Å². The van der Waals surface area contributed by atoms with Crippen LogP contribution in [0.15, 0.2) is 18.6 Å². The van der Waals surface area contributed by atoms with Crippen LogP contribution in [-0.2, 0) is 33.0 Å². The van der Waals surface area contributed by atoms with E-state index in [0.29, 0.717) is 0 Å². The molecule has 5 heteroatoms. The van der Waals surface area contributed by atoms with Gasteiger partial charge in [-0.25, -0.2) is 15.0 Å². The fraction of sp³-hybridized carbons (Fsp3) is 0.533. The molecule has 20 heavy (non-hydrogen) atoms. The lowest BCUT2D eigenvalue weighted by Gasteiger charge is -2.27. The van der Waals surface area contributed by atoms with E-state index in [2.05, 4.69) is 26.4 Å². The number of hydrogen-bond acceptors (Lipinski definition) is 4. The Kier molecular flexibility index (Phi) is 3.78. The van der Waals surface area contributed by atoms with E-state index >= 15 is 0 Å². The average molecular weight is 271 g/mol. The molecule has 0 aromatic carbocycles. The predicted octanol–water partition coefficient (Wildman–Crippen LogP) is 1.72. The Bertz CT molecular complexity index is 590. The van der Waals surface area contributed by atoms with Crippen molar-refractivity contribution in [3.63, 3.8) is 0 Å². The van der Waals surface area contributed by atoms with Crippen LogP contribution >= 0.6 is 0 Å². The van der Waals surface area contributed by atoms with Gasteiger partial charge >= 0.3 is 0 Å². The van der Waals surface area contributed by atoms with Gasteiger partial charge in [0.1, 0.15) is 11.6 Å². The fourth-order valence-corrected chi connectivity index (χ4v) is 2.64. The number of rotatable bonds is 4. The summed E-state index contributed by atoms with van der Waals surface area (Å²) in [6, 6.07) is 0. The van der Waals surface area contributed by atoms with Crippen LogP contribution in [0.5, 0.6) is 0 Å². The van der Waals surface area contributed by atoms with Crippen molar-refractivity contribution >= 4 is 0 Å². The SMILES string of the molecule is CCCc1ncc2c(n1)CCN(Cc1nccn1C)C2. The highest BCUT2D eigenvalue weighted by molar-refractivity contribution is 5.20. The summed E-state index contributed by atoms with van der Waals surface area (Å²) in [5.74, 6) is 2.10. The van der Waals surface area contributed by atoms with Crippen LogP contribution < -0.4 is 0 Å². The van der Waals surface area contributed by atoms with Crippen LogP contribution in [0.25, 0.3) is 0 Å². The Hall–Kier alpha value is -1.75.